The summed E-state index contributed by atoms with van der Waals surface area (Å²) in [6.45, 7) is 0.859. The Morgan fingerprint density at radius 3 is 2.00 bits per heavy atom. The fraction of sp³-hybridized carbons (Fsp3) is 0.200. The molecule has 0 aliphatic carbocycles. The van der Waals surface area contributed by atoms with E-state index < -0.39 is 11.6 Å². The molecule has 0 N–H and O–H groups in total. The lowest BCUT2D eigenvalue weighted by atomic mass is 10.0. The van der Waals surface area contributed by atoms with Gasteiger partial charge in [-0.1, -0.05) is 30.3 Å². The Morgan fingerprint density at radius 2 is 1.44 bits per heavy atom. The monoisotopic (exact) mass is 247 g/mol. The van der Waals surface area contributed by atoms with Crippen molar-refractivity contribution >= 4 is 0 Å². The number of hydrogen-bond donors (Lipinski definition) is 0. The van der Waals surface area contributed by atoms with E-state index in [2.05, 4.69) is 4.90 Å². The normalized spacial score (nSPS) is 10.9. The molecule has 0 heterocycles. The van der Waals surface area contributed by atoms with E-state index in [9.17, 15) is 8.78 Å². The van der Waals surface area contributed by atoms with Crippen LogP contribution >= 0.6 is 0 Å². The summed E-state index contributed by atoms with van der Waals surface area (Å²) < 4.78 is 26.0. The first-order valence-electron chi connectivity index (χ1n) is 5.75. The van der Waals surface area contributed by atoms with Crippen molar-refractivity contribution in [1.82, 2.24) is 4.90 Å². The summed E-state index contributed by atoms with van der Waals surface area (Å²) >= 11 is 0. The zero-order valence-electron chi connectivity index (χ0n) is 10.5. The lowest BCUT2D eigenvalue weighted by Gasteiger charge is -2.10. The van der Waals surface area contributed by atoms with Crippen molar-refractivity contribution in [2.75, 3.05) is 14.1 Å². The molecule has 0 atom stereocenters. The maximum absolute atomic E-state index is 13.1. The third kappa shape index (κ3) is 2.93. The number of nitrogens with zero attached hydrogens (tertiary/aromatic N) is 1. The molecular formula is C15H15F2N. The van der Waals surface area contributed by atoms with Gasteiger partial charge in [0, 0.05) is 6.54 Å². The van der Waals surface area contributed by atoms with Crippen LogP contribution < -0.4 is 0 Å². The van der Waals surface area contributed by atoms with Gasteiger partial charge in [-0.3, -0.25) is 0 Å². The molecule has 0 saturated carbocycles. The summed E-state index contributed by atoms with van der Waals surface area (Å²) in [5.74, 6) is -1.63. The van der Waals surface area contributed by atoms with Gasteiger partial charge in [-0.05, 0) is 42.9 Å². The molecule has 0 spiro atoms. The van der Waals surface area contributed by atoms with Crippen LogP contribution in [0.25, 0.3) is 11.1 Å². The Hall–Kier alpha value is -1.74. The van der Waals surface area contributed by atoms with Crippen LogP contribution in [0.15, 0.2) is 42.5 Å². The van der Waals surface area contributed by atoms with Gasteiger partial charge in [-0.2, -0.15) is 0 Å². The predicted molar refractivity (Wildman–Crippen MR) is 69.2 cm³/mol. The summed E-state index contributed by atoms with van der Waals surface area (Å²) in [5, 5.41) is 0. The van der Waals surface area contributed by atoms with Gasteiger partial charge < -0.3 is 4.90 Å². The fourth-order valence-corrected chi connectivity index (χ4v) is 1.84. The summed E-state index contributed by atoms with van der Waals surface area (Å²) in [4.78, 5) is 2.08. The minimum Gasteiger partial charge on any atom is -0.305 e. The smallest absolute Gasteiger partial charge is 0.159 e. The Kier molecular flexibility index (Phi) is 3.72. The zero-order chi connectivity index (χ0) is 13.1. The van der Waals surface area contributed by atoms with Crippen LogP contribution in [0.1, 0.15) is 5.56 Å². The maximum atomic E-state index is 13.1. The molecule has 0 aliphatic heterocycles. The SMILES string of the molecule is CN(C)Cc1ccc(-c2ccc(F)c(F)c2)cc1. The van der Waals surface area contributed by atoms with Crippen molar-refractivity contribution in [2.24, 2.45) is 0 Å². The van der Waals surface area contributed by atoms with E-state index >= 15 is 0 Å². The first-order chi connectivity index (χ1) is 8.56. The first-order valence-corrected chi connectivity index (χ1v) is 5.75. The molecule has 1 nitrogen and oxygen atoms in total. The van der Waals surface area contributed by atoms with Gasteiger partial charge >= 0.3 is 0 Å². The molecule has 2 aromatic rings. The Bertz CT molecular complexity index is 533. The van der Waals surface area contributed by atoms with E-state index in [-0.39, 0.29) is 0 Å². The molecule has 94 valence electrons. The number of hydrogen-bond acceptors (Lipinski definition) is 1. The highest BCUT2D eigenvalue weighted by molar-refractivity contribution is 5.63. The Balaban J connectivity index is 2.25. The second-order valence-corrected chi connectivity index (χ2v) is 4.56. The third-order valence-electron chi connectivity index (χ3n) is 2.71. The van der Waals surface area contributed by atoms with Crippen LogP contribution in [0.5, 0.6) is 0 Å². The van der Waals surface area contributed by atoms with Crippen molar-refractivity contribution in [3.05, 3.63) is 59.7 Å². The van der Waals surface area contributed by atoms with E-state index in [0.29, 0.717) is 5.56 Å². The molecule has 0 amide bonds. The standard InChI is InChI=1S/C15H15F2N/c1-18(2)10-11-3-5-12(6-4-11)13-7-8-14(16)15(17)9-13/h3-9H,10H2,1-2H3. The fourth-order valence-electron chi connectivity index (χ4n) is 1.84. The molecule has 0 fully saturated rings. The molecule has 0 bridgehead atoms. The van der Waals surface area contributed by atoms with Crippen LogP contribution in [0.2, 0.25) is 0 Å². The minimum absolute atomic E-state index is 0.685. The Morgan fingerprint density at radius 1 is 0.833 bits per heavy atom. The minimum atomic E-state index is -0.817. The number of benzene rings is 2. The maximum Gasteiger partial charge on any atom is 0.159 e. The van der Waals surface area contributed by atoms with Crippen LogP contribution in [0.3, 0.4) is 0 Å². The van der Waals surface area contributed by atoms with Gasteiger partial charge in [0.1, 0.15) is 0 Å². The van der Waals surface area contributed by atoms with Crippen molar-refractivity contribution in [3.63, 3.8) is 0 Å². The number of halogens is 2. The van der Waals surface area contributed by atoms with E-state index in [1.165, 1.54) is 11.6 Å². The van der Waals surface area contributed by atoms with Gasteiger partial charge in [0.25, 0.3) is 0 Å². The molecule has 18 heavy (non-hydrogen) atoms. The van der Waals surface area contributed by atoms with Crippen molar-refractivity contribution < 1.29 is 8.78 Å². The second-order valence-electron chi connectivity index (χ2n) is 4.56. The second kappa shape index (κ2) is 5.27. The average molecular weight is 247 g/mol. The average Bonchev–Trinajstić information content (AvgIpc) is 2.33. The van der Waals surface area contributed by atoms with E-state index in [0.717, 1.165) is 18.2 Å². The van der Waals surface area contributed by atoms with Gasteiger partial charge in [0.05, 0.1) is 0 Å². The van der Waals surface area contributed by atoms with E-state index in [1.807, 2.05) is 38.4 Å². The topological polar surface area (TPSA) is 3.24 Å². The summed E-state index contributed by atoms with van der Waals surface area (Å²) in [6, 6.07) is 11.8. The predicted octanol–water partition coefficient (Wildman–Crippen LogP) is 3.69. The Labute approximate surface area is 106 Å². The quantitative estimate of drug-likeness (QED) is 0.799. The van der Waals surface area contributed by atoms with E-state index in [4.69, 9.17) is 0 Å². The van der Waals surface area contributed by atoms with Crippen molar-refractivity contribution in [1.29, 1.82) is 0 Å². The van der Waals surface area contributed by atoms with Gasteiger partial charge in [-0.25, -0.2) is 8.78 Å². The highest BCUT2D eigenvalue weighted by Gasteiger charge is 2.04. The zero-order valence-corrected chi connectivity index (χ0v) is 10.5. The van der Waals surface area contributed by atoms with Crippen LogP contribution in [-0.2, 0) is 6.54 Å². The van der Waals surface area contributed by atoms with Crippen LogP contribution in [0.4, 0.5) is 8.78 Å². The highest BCUT2D eigenvalue weighted by Crippen LogP contribution is 2.22. The molecule has 0 aliphatic rings. The van der Waals surface area contributed by atoms with E-state index in [1.54, 1.807) is 6.07 Å². The first kappa shape index (κ1) is 12.7. The summed E-state index contributed by atoms with van der Waals surface area (Å²) in [7, 11) is 4.01. The number of rotatable bonds is 3. The lowest BCUT2D eigenvalue weighted by molar-refractivity contribution is 0.402. The lowest BCUT2D eigenvalue weighted by Crippen LogP contribution is -2.10. The van der Waals surface area contributed by atoms with Crippen molar-refractivity contribution in [2.45, 2.75) is 6.54 Å². The van der Waals surface area contributed by atoms with Gasteiger partial charge in [0.15, 0.2) is 11.6 Å². The molecule has 0 radical (unpaired) electrons. The largest absolute Gasteiger partial charge is 0.305 e. The molecule has 0 aromatic heterocycles. The summed E-state index contributed by atoms with van der Waals surface area (Å²) in [5.41, 5.74) is 2.76. The van der Waals surface area contributed by atoms with Gasteiger partial charge in [-0.15, -0.1) is 0 Å². The highest BCUT2D eigenvalue weighted by atomic mass is 19.2. The van der Waals surface area contributed by atoms with Crippen LogP contribution in [-0.4, -0.2) is 19.0 Å². The molecule has 0 saturated heterocycles. The third-order valence-corrected chi connectivity index (χ3v) is 2.71. The summed E-state index contributed by atoms with van der Waals surface area (Å²) in [6.07, 6.45) is 0. The molecule has 2 aromatic carbocycles. The molecule has 3 heteroatoms. The molecular weight excluding hydrogens is 232 g/mol. The van der Waals surface area contributed by atoms with Gasteiger partial charge in [0.2, 0.25) is 0 Å². The molecule has 2 rings (SSSR count). The molecule has 0 unspecified atom stereocenters. The van der Waals surface area contributed by atoms with Crippen molar-refractivity contribution in [3.8, 4) is 11.1 Å². The van der Waals surface area contributed by atoms with Crippen LogP contribution in [0, 0.1) is 11.6 Å².